The number of carbonyl (C=O) groups excluding carboxylic acids is 1. The van der Waals surface area contributed by atoms with Gasteiger partial charge in [-0.05, 0) is 45.4 Å². The first-order chi connectivity index (χ1) is 8.58. The molecule has 0 saturated heterocycles. The second-order valence-corrected chi connectivity index (χ2v) is 6.75. The highest BCUT2D eigenvalue weighted by molar-refractivity contribution is 9.09. The summed E-state index contributed by atoms with van der Waals surface area (Å²) in [7, 11) is 0. The van der Waals surface area contributed by atoms with Crippen molar-refractivity contribution in [2.24, 2.45) is 5.41 Å². The summed E-state index contributed by atoms with van der Waals surface area (Å²) in [5.41, 5.74) is 1.35. The van der Waals surface area contributed by atoms with Crippen molar-refractivity contribution in [1.82, 2.24) is 0 Å². The molecule has 0 N–H and O–H groups in total. The van der Waals surface area contributed by atoms with Crippen LogP contribution < -0.4 is 0 Å². The third-order valence-electron chi connectivity index (χ3n) is 4.06. The molecular weight excluding hydrogens is 288 g/mol. The molecule has 1 saturated carbocycles. The Morgan fingerprint density at radius 3 is 2.78 bits per heavy atom. The van der Waals surface area contributed by atoms with Crippen molar-refractivity contribution in [1.29, 1.82) is 0 Å². The summed E-state index contributed by atoms with van der Waals surface area (Å²) in [6, 6.07) is 0. The molecule has 1 aliphatic carbocycles. The van der Waals surface area contributed by atoms with Crippen molar-refractivity contribution in [2.45, 2.75) is 71.6 Å². The van der Waals surface area contributed by atoms with Gasteiger partial charge in [-0.15, -0.1) is 0 Å². The highest BCUT2D eigenvalue weighted by Crippen LogP contribution is 2.38. The van der Waals surface area contributed by atoms with Gasteiger partial charge in [-0.2, -0.15) is 0 Å². The fourth-order valence-electron chi connectivity index (χ4n) is 2.88. The van der Waals surface area contributed by atoms with Gasteiger partial charge < -0.3 is 0 Å². The maximum absolute atomic E-state index is 12.0. The van der Waals surface area contributed by atoms with E-state index in [1.165, 1.54) is 37.7 Å². The number of unbranched alkanes of at least 4 members (excludes halogenated alkanes) is 3. The van der Waals surface area contributed by atoms with Crippen LogP contribution >= 0.6 is 15.9 Å². The second-order valence-electron chi connectivity index (χ2n) is 5.96. The Morgan fingerprint density at radius 1 is 1.33 bits per heavy atom. The van der Waals surface area contributed by atoms with Gasteiger partial charge in [0.25, 0.3) is 0 Å². The molecule has 0 radical (unpaired) electrons. The maximum Gasteiger partial charge on any atom is 0.139 e. The predicted octanol–water partition coefficient (Wildman–Crippen LogP) is 5.43. The summed E-state index contributed by atoms with van der Waals surface area (Å²) in [6.07, 6.45) is 12.5. The van der Waals surface area contributed by atoms with Crippen LogP contribution in [0.4, 0.5) is 0 Å². The Hall–Kier alpha value is -0.110. The molecule has 1 nitrogen and oxygen atoms in total. The lowest BCUT2D eigenvalue weighted by Gasteiger charge is -2.32. The molecule has 1 unspecified atom stereocenters. The molecular formula is C16H27BrO. The summed E-state index contributed by atoms with van der Waals surface area (Å²) >= 11 is 3.46. The lowest BCUT2D eigenvalue weighted by Crippen LogP contribution is -2.31. The van der Waals surface area contributed by atoms with E-state index in [-0.39, 0.29) is 5.41 Å². The van der Waals surface area contributed by atoms with E-state index < -0.39 is 0 Å². The monoisotopic (exact) mass is 314 g/mol. The van der Waals surface area contributed by atoms with Gasteiger partial charge in [-0.25, -0.2) is 0 Å². The number of rotatable bonds is 7. The molecule has 1 aliphatic rings. The standard InChI is InChI=1S/C16H27BrO/c1-14(9-5-3-4-8-12-17)13-16(2)11-7-6-10-15(16)18/h9H,3-8,10-13H2,1-2H3/b14-9+. The molecule has 1 atom stereocenters. The molecule has 0 aromatic carbocycles. The topological polar surface area (TPSA) is 17.1 Å². The molecule has 1 rings (SSSR count). The lowest BCUT2D eigenvalue weighted by molar-refractivity contribution is -0.130. The molecule has 0 spiro atoms. The molecule has 18 heavy (non-hydrogen) atoms. The van der Waals surface area contributed by atoms with Crippen molar-refractivity contribution >= 4 is 21.7 Å². The Morgan fingerprint density at radius 2 is 2.11 bits per heavy atom. The second kappa shape index (κ2) is 8.14. The van der Waals surface area contributed by atoms with Crippen LogP contribution in [0.3, 0.4) is 0 Å². The van der Waals surface area contributed by atoms with Crippen molar-refractivity contribution in [2.75, 3.05) is 5.33 Å². The zero-order valence-electron chi connectivity index (χ0n) is 11.9. The Bertz CT molecular complexity index is 295. The molecule has 2 heteroatoms. The van der Waals surface area contributed by atoms with Crippen molar-refractivity contribution < 1.29 is 4.79 Å². The number of alkyl halides is 1. The fraction of sp³-hybridized carbons (Fsp3) is 0.812. The van der Waals surface area contributed by atoms with Crippen LogP contribution in [0.5, 0.6) is 0 Å². The van der Waals surface area contributed by atoms with E-state index >= 15 is 0 Å². The Balaban J connectivity index is 2.35. The van der Waals surface area contributed by atoms with Gasteiger partial charge in [0, 0.05) is 17.2 Å². The van der Waals surface area contributed by atoms with E-state index in [2.05, 4.69) is 35.9 Å². The lowest BCUT2D eigenvalue weighted by atomic mass is 9.71. The average molecular weight is 315 g/mol. The van der Waals surface area contributed by atoms with Gasteiger partial charge in [-0.3, -0.25) is 4.79 Å². The first-order valence-electron chi connectivity index (χ1n) is 7.33. The first-order valence-corrected chi connectivity index (χ1v) is 8.45. The third kappa shape index (κ3) is 5.26. The normalized spacial score (nSPS) is 25.5. The van der Waals surface area contributed by atoms with Crippen LogP contribution in [0.25, 0.3) is 0 Å². The summed E-state index contributed by atoms with van der Waals surface area (Å²) in [6.45, 7) is 4.36. The minimum absolute atomic E-state index is 0.0608. The van der Waals surface area contributed by atoms with Gasteiger partial charge in [-0.1, -0.05) is 47.3 Å². The van der Waals surface area contributed by atoms with Crippen LogP contribution in [-0.2, 0) is 4.79 Å². The maximum atomic E-state index is 12.0. The molecule has 0 heterocycles. The van der Waals surface area contributed by atoms with E-state index in [0.717, 1.165) is 31.0 Å². The van der Waals surface area contributed by atoms with E-state index in [9.17, 15) is 4.79 Å². The Kier molecular flexibility index (Phi) is 7.21. The van der Waals surface area contributed by atoms with Crippen LogP contribution in [0.15, 0.2) is 11.6 Å². The number of ketones is 1. The number of carbonyl (C=O) groups is 1. The van der Waals surface area contributed by atoms with Crippen LogP contribution in [-0.4, -0.2) is 11.1 Å². The van der Waals surface area contributed by atoms with Crippen molar-refractivity contribution in [3.63, 3.8) is 0 Å². The minimum Gasteiger partial charge on any atom is -0.299 e. The van der Waals surface area contributed by atoms with Gasteiger partial charge >= 0.3 is 0 Å². The van der Waals surface area contributed by atoms with E-state index in [0.29, 0.717) is 5.78 Å². The van der Waals surface area contributed by atoms with E-state index in [1.807, 2.05) is 0 Å². The molecule has 0 aromatic rings. The molecule has 1 fully saturated rings. The number of hydrogen-bond donors (Lipinski definition) is 0. The fourth-order valence-corrected chi connectivity index (χ4v) is 3.28. The van der Waals surface area contributed by atoms with Crippen molar-refractivity contribution in [3.8, 4) is 0 Å². The van der Waals surface area contributed by atoms with Gasteiger partial charge in [0.15, 0.2) is 0 Å². The van der Waals surface area contributed by atoms with Crippen LogP contribution in [0.1, 0.15) is 71.6 Å². The molecule has 104 valence electrons. The number of hydrogen-bond acceptors (Lipinski definition) is 1. The Labute approximate surface area is 121 Å². The number of halogens is 1. The minimum atomic E-state index is -0.0608. The quantitative estimate of drug-likeness (QED) is 0.348. The molecule has 0 aromatic heterocycles. The summed E-state index contributed by atoms with van der Waals surface area (Å²) in [4.78, 5) is 12.0. The van der Waals surface area contributed by atoms with E-state index in [4.69, 9.17) is 0 Å². The third-order valence-corrected chi connectivity index (χ3v) is 4.62. The summed E-state index contributed by atoms with van der Waals surface area (Å²) in [5, 5.41) is 1.11. The number of allylic oxidation sites excluding steroid dienone is 2. The van der Waals surface area contributed by atoms with E-state index in [1.54, 1.807) is 0 Å². The SMILES string of the molecule is C/C(=C\CCCCCBr)CC1(C)CCCCC1=O. The van der Waals surface area contributed by atoms with Crippen LogP contribution in [0.2, 0.25) is 0 Å². The van der Waals surface area contributed by atoms with Crippen LogP contribution in [0, 0.1) is 5.41 Å². The number of Topliss-reactive ketones (excluding diaryl/α,β-unsaturated/α-hetero) is 1. The van der Waals surface area contributed by atoms with Gasteiger partial charge in [0.05, 0.1) is 0 Å². The largest absolute Gasteiger partial charge is 0.299 e. The van der Waals surface area contributed by atoms with Crippen molar-refractivity contribution in [3.05, 3.63) is 11.6 Å². The van der Waals surface area contributed by atoms with Gasteiger partial charge in [0.2, 0.25) is 0 Å². The first kappa shape index (κ1) is 15.9. The predicted molar refractivity (Wildman–Crippen MR) is 82.2 cm³/mol. The highest BCUT2D eigenvalue weighted by Gasteiger charge is 2.34. The zero-order chi connectivity index (χ0) is 13.4. The molecule has 0 amide bonds. The average Bonchev–Trinajstić information content (AvgIpc) is 2.33. The molecule has 0 aliphatic heterocycles. The zero-order valence-corrected chi connectivity index (χ0v) is 13.5. The molecule has 0 bridgehead atoms. The summed E-state index contributed by atoms with van der Waals surface area (Å²) in [5.74, 6) is 0.487. The highest BCUT2D eigenvalue weighted by atomic mass is 79.9. The van der Waals surface area contributed by atoms with Gasteiger partial charge in [0.1, 0.15) is 5.78 Å². The smallest absolute Gasteiger partial charge is 0.139 e. The summed E-state index contributed by atoms with van der Waals surface area (Å²) < 4.78 is 0.